The Morgan fingerprint density at radius 1 is 1.22 bits per heavy atom. The SMILES string of the molecule is COC(CCNS(=O)(=O)c1ccc(Br)cc1)OC. The molecule has 1 rings (SSSR count). The van der Waals surface area contributed by atoms with Gasteiger partial charge in [-0.1, -0.05) is 15.9 Å². The Morgan fingerprint density at radius 2 is 1.78 bits per heavy atom. The second kappa shape index (κ2) is 7.20. The molecule has 0 aromatic heterocycles. The molecule has 0 aliphatic rings. The maximum Gasteiger partial charge on any atom is 0.240 e. The van der Waals surface area contributed by atoms with Crippen molar-refractivity contribution in [2.24, 2.45) is 0 Å². The van der Waals surface area contributed by atoms with Crippen molar-refractivity contribution in [3.8, 4) is 0 Å². The normalized spacial score (nSPS) is 12.0. The average Bonchev–Trinajstić information content (AvgIpc) is 2.35. The van der Waals surface area contributed by atoms with Gasteiger partial charge in [-0.2, -0.15) is 0 Å². The molecule has 0 spiro atoms. The molecule has 5 nitrogen and oxygen atoms in total. The maximum absolute atomic E-state index is 11.9. The number of benzene rings is 1. The highest BCUT2D eigenvalue weighted by Gasteiger charge is 2.14. The fourth-order valence-corrected chi connectivity index (χ4v) is 2.65. The number of rotatable bonds is 7. The zero-order chi connectivity index (χ0) is 13.6. The molecule has 0 heterocycles. The van der Waals surface area contributed by atoms with Crippen LogP contribution in [0, 0.1) is 0 Å². The third-order valence-corrected chi connectivity index (χ3v) is 4.33. The summed E-state index contributed by atoms with van der Waals surface area (Å²) < 4.78 is 37.1. The number of hydrogen-bond donors (Lipinski definition) is 1. The van der Waals surface area contributed by atoms with Gasteiger partial charge in [0.1, 0.15) is 0 Å². The third kappa shape index (κ3) is 4.66. The Labute approximate surface area is 116 Å². The van der Waals surface area contributed by atoms with E-state index >= 15 is 0 Å². The van der Waals surface area contributed by atoms with Crippen LogP contribution in [0.15, 0.2) is 33.6 Å². The Hall–Kier alpha value is -0.470. The molecule has 0 unspecified atom stereocenters. The number of nitrogens with one attached hydrogen (secondary N) is 1. The van der Waals surface area contributed by atoms with E-state index in [1.54, 1.807) is 12.1 Å². The van der Waals surface area contributed by atoms with Gasteiger partial charge in [-0.15, -0.1) is 0 Å². The molecule has 0 saturated heterocycles. The summed E-state index contributed by atoms with van der Waals surface area (Å²) in [7, 11) is -0.448. The van der Waals surface area contributed by atoms with Crippen LogP contribution in [0.25, 0.3) is 0 Å². The molecule has 0 saturated carbocycles. The van der Waals surface area contributed by atoms with Gasteiger partial charge in [-0.25, -0.2) is 13.1 Å². The first-order valence-corrected chi connectivity index (χ1v) is 7.58. The van der Waals surface area contributed by atoms with Crippen LogP contribution in [-0.4, -0.2) is 35.5 Å². The second-order valence-corrected chi connectivity index (χ2v) is 6.22. The second-order valence-electron chi connectivity index (χ2n) is 3.54. The van der Waals surface area contributed by atoms with Crippen LogP contribution in [0.5, 0.6) is 0 Å². The lowest BCUT2D eigenvalue weighted by molar-refractivity contribution is -0.104. The van der Waals surface area contributed by atoms with Gasteiger partial charge in [0.2, 0.25) is 10.0 Å². The molecule has 0 amide bonds. The number of methoxy groups -OCH3 is 2. The van der Waals surface area contributed by atoms with Crippen molar-refractivity contribution in [1.82, 2.24) is 4.72 Å². The molecule has 7 heteroatoms. The monoisotopic (exact) mass is 337 g/mol. The zero-order valence-corrected chi connectivity index (χ0v) is 12.6. The average molecular weight is 338 g/mol. The van der Waals surface area contributed by atoms with Gasteiger partial charge in [0.25, 0.3) is 0 Å². The van der Waals surface area contributed by atoms with Gasteiger partial charge < -0.3 is 9.47 Å². The van der Waals surface area contributed by atoms with Crippen LogP contribution in [0.2, 0.25) is 0 Å². The van der Waals surface area contributed by atoms with Crippen molar-refractivity contribution < 1.29 is 17.9 Å². The largest absolute Gasteiger partial charge is 0.356 e. The van der Waals surface area contributed by atoms with Crippen LogP contribution in [0.4, 0.5) is 0 Å². The van der Waals surface area contributed by atoms with Crippen molar-refractivity contribution >= 4 is 26.0 Å². The fraction of sp³-hybridized carbons (Fsp3) is 0.455. The van der Waals surface area contributed by atoms with E-state index in [-0.39, 0.29) is 11.4 Å². The van der Waals surface area contributed by atoms with Gasteiger partial charge in [-0.05, 0) is 24.3 Å². The van der Waals surface area contributed by atoms with Crippen LogP contribution >= 0.6 is 15.9 Å². The molecule has 0 fully saturated rings. The minimum Gasteiger partial charge on any atom is -0.356 e. The summed E-state index contributed by atoms with van der Waals surface area (Å²) in [5, 5.41) is 0. The summed E-state index contributed by atoms with van der Waals surface area (Å²) in [6.45, 7) is 0.255. The molecular weight excluding hydrogens is 322 g/mol. The molecule has 0 aliphatic carbocycles. The Kier molecular flexibility index (Phi) is 6.24. The van der Waals surface area contributed by atoms with E-state index in [2.05, 4.69) is 20.7 Å². The molecule has 0 bridgehead atoms. The maximum atomic E-state index is 11.9. The summed E-state index contributed by atoms with van der Waals surface area (Å²) in [5.41, 5.74) is 0. The molecule has 0 radical (unpaired) electrons. The van der Waals surface area contributed by atoms with Crippen molar-refractivity contribution in [2.45, 2.75) is 17.6 Å². The number of sulfonamides is 1. The fourth-order valence-electron chi connectivity index (χ4n) is 1.34. The molecule has 102 valence electrons. The van der Waals surface area contributed by atoms with E-state index in [1.807, 2.05) is 0 Å². The van der Waals surface area contributed by atoms with Crippen LogP contribution in [0.3, 0.4) is 0 Å². The molecule has 18 heavy (non-hydrogen) atoms. The first-order chi connectivity index (χ1) is 8.49. The third-order valence-electron chi connectivity index (χ3n) is 2.32. The highest BCUT2D eigenvalue weighted by Crippen LogP contribution is 2.14. The van der Waals surface area contributed by atoms with Gasteiger partial charge in [0, 0.05) is 31.7 Å². The summed E-state index contributed by atoms with van der Waals surface area (Å²) in [6.07, 6.45) is 0.0422. The van der Waals surface area contributed by atoms with Crippen LogP contribution in [0.1, 0.15) is 6.42 Å². The smallest absolute Gasteiger partial charge is 0.240 e. The Balaban J connectivity index is 2.57. The van der Waals surface area contributed by atoms with Gasteiger partial charge >= 0.3 is 0 Å². The predicted octanol–water partition coefficient (Wildman–Crippen LogP) is 1.74. The van der Waals surface area contributed by atoms with E-state index in [0.29, 0.717) is 6.42 Å². The first-order valence-electron chi connectivity index (χ1n) is 5.30. The quantitative estimate of drug-likeness (QED) is 0.769. The molecular formula is C11H16BrNO4S. The van der Waals surface area contributed by atoms with Crippen LogP contribution < -0.4 is 4.72 Å². The lowest BCUT2D eigenvalue weighted by atomic mass is 10.4. The Bertz CT molecular complexity index is 456. The predicted molar refractivity (Wildman–Crippen MR) is 71.8 cm³/mol. The Morgan fingerprint density at radius 3 is 2.28 bits per heavy atom. The lowest BCUT2D eigenvalue weighted by Crippen LogP contribution is -2.28. The lowest BCUT2D eigenvalue weighted by Gasteiger charge is -2.13. The van der Waals surface area contributed by atoms with Gasteiger partial charge in [0.15, 0.2) is 6.29 Å². The molecule has 0 atom stereocenters. The van der Waals surface area contributed by atoms with E-state index in [4.69, 9.17) is 9.47 Å². The molecule has 1 aromatic rings. The molecule has 0 aliphatic heterocycles. The molecule has 1 aromatic carbocycles. The summed E-state index contributed by atoms with van der Waals surface area (Å²) >= 11 is 3.25. The standard InChI is InChI=1S/C11H16BrNO4S/c1-16-11(17-2)7-8-13-18(14,15)10-5-3-9(12)4-6-10/h3-6,11,13H,7-8H2,1-2H3. The van der Waals surface area contributed by atoms with E-state index in [0.717, 1.165) is 4.47 Å². The minimum atomic E-state index is -3.47. The first kappa shape index (κ1) is 15.6. The minimum absolute atomic E-state index is 0.233. The van der Waals surface area contributed by atoms with Crippen molar-refractivity contribution in [3.63, 3.8) is 0 Å². The molecule has 1 N–H and O–H groups in total. The zero-order valence-electron chi connectivity index (χ0n) is 10.2. The topological polar surface area (TPSA) is 64.6 Å². The van der Waals surface area contributed by atoms with E-state index < -0.39 is 16.3 Å². The summed E-state index contributed by atoms with van der Waals surface area (Å²) in [4.78, 5) is 0.233. The van der Waals surface area contributed by atoms with Gasteiger partial charge in [0.05, 0.1) is 4.90 Å². The van der Waals surface area contributed by atoms with E-state index in [9.17, 15) is 8.42 Å². The van der Waals surface area contributed by atoms with E-state index in [1.165, 1.54) is 26.4 Å². The highest BCUT2D eigenvalue weighted by molar-refractivity contribution is 9.10. The van der Waals surface area contributed by atoms with Gasteiger partial charge in [-0.3, -0.25) is 0 Å². The summed E-state index contributed by atoms with van der Waals surface area (Å²) in [6, 6.07) is 6.44. The van der Waals surface area contributed by atoms with Crippen molar-refractivity contribution in [1.29, 1.82) is 0 Å². The number of ether oxygens (including phenoxy) is 2. The van der Waals surface area contributed by atoms with Crippen molar-refractivity contribution in [2.75, 3.05) is 20.8 Å². The van der Waals surface area contributed by atoms with Crippen molar-refractivity contribution in [3.05, 3.63) is 28.7 Å². The summed E-state index contributed by atoms with van der Waals surface area (Å²) in [5.74, 6) is 0. The number of hydrogen-bond acceptors (Lipinski definition) is 4. The number of halogens is 1. The highest BCUT2D eigenvalue weighted by atomic mass is 79.9. The van der Waals surface area contributed by atoms with Crippen LogP contribution in [-0.2, 0) is 19.5 Å².